The van der Waals surface area contributed by atoms with Gasteiger partial charge in [0.2, 0.25) is 41.4 Å². The lowest BCUT2D eigenvalue weighted by atomic mass is 10.0. The van der Waals surface area contributed by atoms with Crippen LogP contribution in [0.1, 0.15) is 112 Å². The predicted octanol–water partition coefficient (Wildman–Crippen LogP) is 2.13. The van der Waals surface area contributed by atoms with Crippen molar-refractivity contribution in [1.82, 2.24) is 47.4 Å². The quantitative estimate of drug-likeness (QED) is 0.0284. The number of rotatable bonds is 30. The molecule has 19 nitrogen and oxygen atoms in total. The molecule has 0 saturated carbocycles. The number of unbranched alkanes of at least 4 members (excludes halogenated alkanes) is 3. The molecule has 0 unspecified atom stereocenters. The van der Waals surface area contributed by atoms with Crippen molar-refractivity contribution in [1.29, 1.82) is 0 Å². The summed E-state index contributed by atoms with van der Waals surface area (Å²) in [5.74, 6) is -2.84. The maximum atomic E-state index is 13.7. The molecular formula is C43H73N9O10S4. The van der Waals surface area contributed by atoms with Crippen LogP contribution < -0.4 is 42.5 Å². The summed E-state index contributed by atoms with van der Waals surface area (Å²) in [4.78, 5) is 116. The minimum atomic E-state index is -1.10. The van der Waals surface area contributed by atoms with E-state index in [1.807, 2.05) is 52.6 Å². The summed E-state index contributed by atoms with van der Waals surface area (Å²) in [6.45, 7) is 9.70. The number of hydrogen-bond acceptors (Lipinski definition) is 13. The number of aliphatic carboxylic acids is 1. The molecule has 9 N–H and O–H groups in total. The minimum Gasteiger partial charge on any atom is -0.480 e. The van der Waals surface area contributed by atoms with Crippen LogP contribution >= 0.6 is 45.1 Å². The lowest BCUT2D eigenvalue weighted by molar-refractivity contribution is -0.149. The minimum absolute atomic E-state index is 0.000641. The van der Waals surface area contributed by atoms with Gasteiger partial charge < -0.3 is 52.5 Å². The average Bonchev–Trinajstić information content (AvgIpc) is 3.99. The molecule has 3 aliphatic rings. The predicted molar refractivity (Wildman–Crippen MR) is 262 cm³/mol. The Morgan fingerprint density at radius 1 is 0.818 bits per heavy atom. The van der Waals surface area contributed by atoms with Gasteiger partial charge in [-0.25, -0.2) is 9.59 Å². The molecule has 3 aliphatic heterocycles. The first kappa shape index (κ1) is 56.8. The largest absolute Gasteiger partial charge is 0.480 e. The van der Waals surface area contributed by atoms with E-state index in [1.165, 1.54) is 38.2 Å². The van der Waals surface area contributed by atoms with Crippen molar-refractivity contribution in [2.45, 2.75) is 158 Å². The fraction of sp³-hybridized carbons (Fsp3) is 0.791. The Balaban J connectivity index is 1.41. The van der Waals surface area contributed by atoms with E-state index >= 15 is 0 Å². The van der Waals surface area contributed by atoms with E-state index in [1.54, 1.807) is 0 Å². The topological polar surface area (TPSA) is 273 Å². The third kappa shape index (κ3) is 21.2. The first-order valence-corrected chi connectivity index (χ1v) is 27.8. The van der Waals surface area contributed by atoms with Crippen LogP contribution in [0.5, 0.6) is 0 Å². The standard InChI is InChI=1S/C43H73N9O10S4/c1-26(2)21-28(40(59)52-19-12-13-31(52)41(60)61)47-36(56)23-46-38(57)27(17-20-63-6)49-39(58)30(25-65-66-43(3,4)5)48-35(55)22-45-34(54)15-8-7-11-18-44-33(53)16-10-9-14-32-37-29(24-64-32)50-42(62)51-37/h26-32,37H,7-25H2,1-6H3,(H,44,53)(H,45,54)(H,46,57)(H,47,56)(H,48,55)(H,49,58)(H,60,61)(H2,50,51,62)/t27-,28-,29-,30-,31-,32+,37-/m0/s1. The summed E-state index contributed by atoms with van der Waals surface area (Å²) in [6.07, 6.45) is 8.43. The number of carboxylic acids is 1. The van der Waals surface area contributed by atoms with Crippen LogP contribution in [0.4, 0.5) is 4.79 Å². The van der Waals surface area contributed by atoms with Crippen LogP contribution in [0.2, 0.25) is 0 Å². The second-order valence-corrected chi connectivity index (χ2v) is 23.7. The van der Waals surface area contributed by atoms with Crippen molar-refractivity contribution in [3.8, 4) is 0 Å². The van der Waals surface area contributed by atoms with Crippen LogP contribution in [0.25, 0.3) is 0 Å². The van der Waals surface area contributed by atoms with Crippen LogP contribution in [-0.2, 0) is 38.4 Å². The highest BCUT2D eigenvalue weighted by atomic mass is 33.1. The Morgan fingerprint density at radius 3 is 2.15 bits per heavy atom. The molecule has 0 radical (unpaired) electrons. The van der Waals surface area contributed by atoms with Gasteiger partial charge in [-0.05, 0) is 69.3 Å². The van der Waals surface area contributed by atoms with Gasteiger partial charge in [0, 0.05) is 47.4 Å². The monoisotopic (exact) mass is 1000 g/mol. The fourth-order valence-corrected chi connectivity index (χ4v) is 12.1. The summed E-state index contributed by atoms with van der Waals surface area (Å²) in [5.41, 5.74) is 0. The zero-order chi connectivity index (χ0) is 48.8. The molecule has 3 heterocycles. The van der Waals surface area contributed by atoms with Gasteiger partial charge in [-0.1, -0.05) is 69.0 Å². The molecule has 0 aromatic carbocycles. The van der Waals surface area contributed by atoms with Crippen molar-refractivity contribution in [3.05, 3.63) is 0 Å². The molecule has 0 aliphatic carbocycles. The molecule has 9 amide bonds. The van der Waals surface area contributed by atoms with Crippen molar-refractivity contribution < 1.29 is 48.3 Å². The van der Waals surface area contributed by atoms with E-state index in [-0.39, 0.29) is 78.7 Å². The van der Waals surface area contributed by atoms with Gasteiger partial charge >= 0.3 is 12.0 Å². The van der Waals surface area contributed by atoms with Gasteiger partial charge in [-0.3, -0.25) is 33.6 Å². The number of urea groups is 1. The Morgan fingerprint density at radius 2 is 1.48 bits per heavy atom. The summed E-state index contributed by atoms with van der Waals surface area (Å²) in [7, 11) is 2.89. The molecule has 0 bridgehead atoms. The molecule has 3 fully saturated rings. The van der Waals surface area contributed by atoms with Gasteiger partial charge in [0.25, 0.3) is 0 Å². The number of carboxylic acid groups (broad SMARTS) is 1. The first-order chi connectivity index (χ1) is 31.3. The number of amides is 9. The Labute approximate surface area is 405 Å². The van der Waals surface area contributed by atoms with Crippen LogP contribution in [0, 0.1) is 5.92 Å². The molecule has 3 saturated heterocycles. The van der Waals surface area contributed by atoms with E-state index in [0.29, 0.717) is 56.1 Å². The SMILES string of the molecule is CSCC[C@H](NC(=O)[C@H](CSSC(C)(C)C)NC(=O)CNC(=O)CCCCCNC(=O)CCCC[C@H]1SC[C@@H]2NC(=O)N[C@@H]21)C(=O)NCC(=O)N[C@@H](CC(C)C)C(=O)N1CCC[C@H]1C(=O)O. The lowest BCUT2D eigenvalue weighted by Crippen LogP contribution is -2.57. The smallest absolute Gasteiger partial charge is 0.326 e. The van der Waals surface area contributed by atoms with Crippen LogP contribution in [0.15, 0.2) is 0 Å². The van der Waals surface area contributed by atoms with Gasteiger partial charge in [-0.2, -0.15) is 23.5 Å². The third-order valence-electron chi connectivity index (χ3n) is 11.0. The van der Waals surface area contributed by atoms with Crippen LogP contribution in [-0.4, -0.2) is 159 Å². The highest BCUT2D eigenvalue weighted by molar-refractivity contribution is 8.77. The molecule has 374 valence electrons. The van der Waals surface area contributed by atoms with E-state index in [4.69, 9.17) is 0 Å². The number of thioether (sulfide) groups is 2. The zero-order valence-corrected chi connectivity index (χ0v) is 42.5. The summed E-state index contributed by atoms with van der Waals surface area (Å²) in [5, 5.41) is 32.1. The van der Waals surface area contributed by atoms with Crippen molar-refractivity contribution in [3.63, 3.8) is 0 Å². The maximum Gasteiger partial charge on any atom is 0.326 e. The van der Waals surface area contributed by atoms with Gasteiger partial charge in [0.05, 0.1) is 25.2 Å². The van der Waals surface area contributed by atoms with Crippen molar-refractivity contribution in [2.75, 3.05) is 49.7 Å². The second-order valence-electron chi connectivity index (χ2n) is 18.2. The number of fused-ring (bicyclic) bond motifs is 1. The fourth-order valence-electron chi connectivity index (χ4n) is 7.65. The van der Waals surface area contributed by atoms with E-state index in [2.05, 4.69) is 42.5 Å². The van der Waals surface area contributed by atoms with Gasteiger partial charge in [-0.15, -0.1) is 0 Å². The first-order valence-electron chi connectivity index (χ1n) is 23.0. The number of carbonyl (C=O) groups is 9. The summed E-state index contributed by atoms with van der Waals surface area (Å²) < 4.78 is -0.156. The summed E-state index contributed by atoms with van der Waals surface area (Å²) in [6, 6.07) is -3.81. The molecule has 23 heteroatoms. The number of hydrogen-bond donors (Lipinski definition) is 9. The third-order valence-corrected chi connectivity index (χ3v) is 16.5. The molecule has 0 spiro atoms. The highest BCUT2D eigenvalue weighted by Crippen LogP contribution is 2.35. The van der Waals surface area contributed by atoms with Crippen LogP contribution in [0.3, 0.4) is 0 Å². The summed E-state index contributed by atoms with van der Waals surface area (Å²) >= 11 is 3.32. The van der Waals surface area contributed by atoms with Gasteiger partial charge in [0.1, 0.15) is 24.2 Å². The van der Waals surface area contributed by atoms with Gasteiger partial charge in [0.15, 0.2) is 0 Å². The molecule has 0 aromatic rings. The number of likely N-dealkylation sites (tertiary alicyclic amines) is 1. The van der Waals surface area contributed by atoms with Crippen molar-refractivity contribution in [2.24, 2.45) is 5.92 Å². The number of nitrogens with zero attached hydrogens (tertiary/aromatic N) is 1. The number of carbonyl (C=O) groups excluding carboxylic acids is 8. The van der Waals surface area contributed by atoms with E-state index < -0.39 is 66.2 Å². The van der Waals surface area contributed by atoms with Crippen molar-refractivity contribution >= 4 is 98.5 Å². The molecule has 7 atom stereocenters. The Hall–Kier alpha value is -3.57. The average molecular weight is 1000 g/mol. The van der Waals surface area contributed by atoms with E-state index in [9.17, 15) is 48.3 Å². The zero-order valence-electron chi connectivity index (χ0n) is 39.3. The Bertz CT molecular complexity index is 1670. The molecule has 0 aromatic heterocycles. The normalized spacial score (nSPS) is 20.3. The second kappa shape index (κ2) is 29.3. The maximum absolute atomic E-state index is 13.7. The molecule has 66 heavy (non-hydrogen) atoms. The molecular weight excluding hydrogens is 931 g/mol. The molecule has 3 rings (SSSR count). The Kier molecular flexibility index (Phi) is 25.2. The highest BCUT2D eigenvalue weighted by Gasteiger charge is 2.42. The van der Waals surface area contributed by atoms with E-state index in [0.717, 1.165) is 25.0 Å². The number of nitrogens with one attached hydrogen (secondary N) is 8. The lowest BCUT2D eigenvalue weighted by Gasteiger charge is -2.28.